The Balaban J connectivity index is 2.03. The number of ether oxygens (including phenoxy) is 2. The molecule has 1 fully saturated rings. The van der Waals surface area contributed by atoms with Gasteiger partial charge in [-0.1, -0.05) is 6.08 Å². The lowest BCUT2D eigenvalue weighted by molar-refractivity contribution is -0.145. The van der Waals surface area contributed by atoms with E-state index < -0.39 is 11.6 Å². The Labute approximate surface area is 94.0 Å². The predicted octanol–water partition coefficient (Wildman–Crippen LogP) is 1.13. The molecule has 0 saturated carbocycles. The molecule has 5 nitrogen and oxygen atoms in total. The monoisotopic (exact) mass is 228 g/mol. The van der Waals surface area contributed by atoms with Crippen molar-refractivity contribution in [3.63, 3.8) is 0 Å². The number of epoxide rings is 1. The largest absolute Gasteiger partial charge is 0.481 e. The van der Waals surface area contributed by atoms with Crippen molar-refractivity contribution in [2.75, 3.05) is 13.2 Å². The third kappa shape index (κ3) is 4.44. The van der Waals surface area contributed by atoms with Gasteiger partial charge in [0.1, 0.15) is 12.2 Å². The second kappa shape index (κ2) is 5.65. The summed E-state index contributed by atoms with van der Waals surface area (Å²) in [6.07, 6.45) is 3.00. The van der Waals surface area contributed by atoms with E-state index >= 15 is 0 Å². The molecule has 0 aromatic heterocycles. The lowest BCUT2D eigenvalue weighted by Gasteiger charge is -2.07. The molecule has 0 spiro atoms. The number of rotatable bonds is 8. The van der Waals surface area contributed by atoms with Crippen LogP contribution >= 0.6 is 0 Å². The molecule has 0 aliphatic carbocycles. The number of aliphatic carboxylic acids is 1. The van der Waals surface area contributed by atoms with Gasteiger partial charge in [-0.3, -0.25) is 9.59 Å². The zero-order valence-electron chi connectivity index (χ0n) is 9.11. The van der Waals surface area contributed by atoms with Crippen LogP contribution in [0.15, 0.2) is 12.7 Å². The second-order valence-corrected chi connectivity index (χ2v) is 3.82. The van der Waals surface area contributed by atoms with Gasteiger partial charge in [0.2, 0.25) is 0 Å². The Morgan fingerprint density at radius 1 is 1.44 bits per heavy atom. The molecule has 5 heteroatoms. The fourth-order valence-corrected chi connectivity index (χ4v) is 1.17. The predicted molar refractivity (Wildman–Crippen MR) is 55.9 cm³/mol. The van der Waals surface area contributed by atoms with Gasteiger partial charge in [-0.05, 0) is 12.8 Å². The van der Waals surface area contributed by atoms with E-state index in [0.717, 1.165) is 0 Å². The van der Waals surface area contributed by atoms with E-state index in [1.54, 1.807) is 6.08 Å². The average Bonchev–Trinajstić information content (AvgIpc) is 3.02. The number of carbonyl (C=O) groups excluding carboxylic acids is 1. The molecule has 1 aliphatic rings. The Kier molecular flexibility index (Phi) is 4.49. The van der Waals surface area contributed by atoms with Crippen LogP contribution in [0.1, 0.15) is 25.7 Å². The molecule has 90 valence electrons. The van der Waals surface area contributed by atoms with Crippen molar-refractivity contribution in [3.8, 4) is 0 Å². The first kappa shape index (κ1) is 12.7. The molecule has 1 atom stereocenters. The standard InChI is InChI=1S/C11H16O5/c1-2-11(8-16-11)7-15-10(14)6-4-3-5-9(12)13/h2H,1,3-8H2,(H,12,13). The van der Waals surface area contributed by atoms with Crippen LogP contribution in [0.4, 0.5) is 0 Å². The van der Waals surface area contributed by atoms with E-state index in [1.165, 1.54) is 0 Å². The number of esters is 1. The smallest absolute Gasteiger partial charge is 0.305 e. The first-order valence-electron chi connectivity index (χ1n) is 5.23. The summed E-state index contributed by atoms with van der Waals surface area (Å²) in [5.74, 6) is -1.16. The highest BCUT2D eigenvalue weighted by Crippen LogP contribution is 2.28. The molecule has 0 bridgehead atoms. The normalized spacial score (nSPS) is 22.5. The number of unbranched alkanes of at least 4 members (excludes halogenated alkanes) is 1. The van der Waals surface area contributed by atoms with Crippen LogP contribution in [-0.4, -0.2) is 35.9 Å². The lowest BCUT2D eigenvalue weighted by atomic mass is 10.2. The maximum absolute atomic E-state index is 11.2. The average molecular weight is 228 g/mol. The van der Waals surface area contributed by atoms with E-state index in [0.29, 0.717) is 19.4 Å². The molecular formula is C11H16O5. The van der Waals surface area contributed by atoms with Crippen LogP contribution in [0.25, 0.3) is 0 Å². The summed E-state index contributed by atoms with van der Waals surface area (Å²) in [5.41, 5.74) is -0.462. The fourth-order valence-electron chi connectivity index (χ4n) is 1.17. The number of carbonyl (C=O) groups is 2. The maximum Gasteiger partial charge on any atom is 0.305 e. The van der Waals surface area contributed by atoms with E-state index in [9.17, 15) is 9.59 Å². The van der Waals surface area contributed by atoms with Crippen molar-refractivity contribution < 1.29 is 24.2 Å². The van der Waals surface area contributed by atoms with Crippen molar-refractivity contribution in [2.24, 2.45) is 0 Å². The SMILES string of the molecule is C=CC1(COC(=O)CCCCC(=O)O)CO1. The first-order chi connectivity index (χ1) is 7.58. The molecule has 0 radical (unpaired) electrons. The van der Waals surface area contributed by atoms with Gasteiger partial charge in [0, 0.05) is 12.8 Å². The minimum Gasteiger partial charge on any atom is -0.481 e. The molecule has 0 amide bonds. The Hall–Kier alpha value is -1.36. The molecule has 1 saturated heterocycles. The molecular weight excluding hydrogens is 212 g/mol. The molecule has 1 unspecified atom stereocenters. The van der Waals surface area contributed by atoms with Gasteiger partial charge in [0.25, 0.3) is 0 Å². The highest BCUT2D eigenvalue weighted by molar-refractivity contribution is 5.69. The van der Waals surface area contributed by atoms with Crippen LogP contribution in [0, 0.1) is 0 Å². The summed E-state index contributed by atoms with van der Waals surface area (Å²) >= 11 is 0. The highest BCUT2D eigenvalue weighted by Gasteiger charge is 2.42. The molecule has 1 heterocycles. The van der Waals surface area contributed by atoms with Crippen molar-refractivity contribution in [1.29, 1.82) is 0 Å². The molecule has 16 heavy (non-hydrogen) atoms. The Morgan fingerprint density at radius 2 is 2.06 bits per heavy atom. The first-order valence-corrected chi connectivity index (χ1v) is 5.23. The molecule has 0 aromatic carbocycles. The van der Waals surface area contributed by atoms with Gasteiger partial charge in [-0.2, -0.15) is 0 Å². The summed E-state index contributed by atoms with van der Waals surface area (Å²) < 4.78 is 10.1. The Bertz CT molecular complexity index is 280. The van der Waals surface area contributed by atoms with Crippen molar-refractivity contribution >= 4 is 11.9 Å². The zero-order valence-corrected chi connectivity index (χ0v) is 9.11. The van der Waals surface area contributed by atoms with E-state index in [4.69, 9.17) is 14.6 Å². The van der Waals surface area contributed by atoms with Gasteiger partial charge >= 0.3 is 11.9 Å². The van der Waals surface area contributed by atoms with Gasteiger partial charge in [-0.15, -0.1) is 6.58 Å². The molecule has 1 rings (SSSR count). The zero-order chi connectivity index (χ0) is 12.0. The topological polar surface area (TPSA) is 76.1 Å². The van der Waals surface area contributed by atoms with E-state index in [2.05, 4.69) is 6.58 Å². The minimum absolute atomic E-state index is 0.0903. The van der Waals surface area contributed by atoms with Crippen LogP contribution in [0.3, 0.4) is 0 Å². The van der Waals surface area contributed by atoms with Gasteiger partial charge in [0.15, 0.2) is 0 Å². The van der Waals surface area contributed by atoms with Crippen LogP contribution < -0.4 is 0 Å². The fraction of sp³-hybridized carbons (Fsp3) is 0.636. The maximum atomic E-state index is 11.2. The molecule has 1 aliphatic heterocycles. The third-order valence-corrected chi connectivity index (χ3v) is 2.39. The number of hydrogen-bond donors (Lipinski definition) is 1. The minimum atomic E-state index is -0.842. The summed E-state index contributed by atoms with van der Waals surface area (Å²) in [6.45, 7) is 4.33. The summed E-state index contributed by atoms with van der Waals surface area (Å²) in [5, 5.41) is 8.39. The summed E-state index contributed by atoms with van der Waals surface area (Å²) in [7, 11) is 0. The van der Waals surface area contributed by atoms with Gasteiger partial charge < -0.3 is 14.6 Å². The number of carboxylic acid groups (broad SMARTS) is 1. The summed E-state index contributed by atoms with van der Waals surface area (Å²) in [6, 6.07) is 0. The number of carboxylic acids is 1. The van der Waals surface area contributed by atoms with Gasteiger partial charge in [-0.25, -0.2) is 0 Å². The van der Waals surface area contributed by atoms with Gasteiger partial charge in [0.05, 0.1) is 6.61 Å². The molecule has 0 aromatic rings. The van der Waals surface area contributed by atoms with Crippen LogP contribution in [-0.2, 0) is 19.1 Å². The van der Waals surface area contributed by atoms with Crippen molar-refractivity contribution in [1.82, 2.24) is 0 Å². The second-order valence-electron chi connectivity index (χ2n) is 3.82. The summed E-state index contributed by atoms with van der Waals surface area (Å²) in [4.78, 5) is 21.4. The number of hydrogen-bond acceptors (Lipinski definition) is 4. The van der Waals surface area contributed by atoms with Crippen LogP contribution in [0.5, 0.6) is 0 Å². The molecule has 1 N–H and O–H groups in total. The lowest BCUT2D eigenvalue weighted by Crippen LogP contribution is -2.19. The van der Waals surface area contributed by atoms with Crippen LogP contribution in [0.2, 0.25) is 0 Å². The van der Waals surface area contributed by atoms with Crippen molar-refractivity contribution in [2.45, 2.75) is 31.3 Å². The van der Waals surface area contributed by atoms with E-state index in [1.807, 2.05) is 0 Å². The van der Waals surface area contributed by atoms with Crippen molar-refractivity contribution in [3.05, 3.63) is 12.7 Å². The highest BCUT2D eigenvalue weighted by atomic mass is 16.6. The quantitative estimate of drug-likeness (QED) is 0.291. The third-order valence-electron chi connectivity index (χ3n) is 2.39. The van der Waals surface area contributed by atoms with E-state index in [-0.39, 0.29) is 25.4 Å². The Morgan fingerprint density at radius 3 is 2.56 bits per heavy atom.